The molecule has 0 bridgehead atoms. The van der Waals surface area contributed by atoms with Crippen LogP contribution in [0.25, 0.3) is 17.8 Å². The monoisotopic (exact) mass is 423 g/mol. The van der Waals surface area contributed by atoms with Crippen LogP contribution in [0.3, 0.4) is 0 Å². The van der Waals surface area contributed by atoms with Gasteiger partial charge in [-0.1, -0.05) is 65.9 Å². The number of nitrogens with zero attached hydrogens (tertiary/aromatic N) is 3. The maximum atomic E-state index is 11.1. The summed E-state index contributed by atoms with van der Waals surface area (Å²) in [4.78, 5) is 10.7. The van der Waals surface area contributed by atoms with E-state index >= 15 is 0 Å². The van der Waals surface area contributed by atoms with Gasteiger partial charge in [0, 0.05) is 18.3 Å². The summed E-state index contributed by atoms with van der Waals surface area (Å²) in [6.07, 6.45) is 6.66. The lowest BCUT2D eigenvalue weighted by Gasteiger charge is -2.05. The van der Waals surface area contributed by atoms with Gasteiger partial charge in [0.15, 0.2) is 4.80 Å². The molecule has 0 aliphatic carbocycles. The van der Waals surface area contributed by atoms with Crippen LogP contribution in [0.2, 0.25) is 0 Å². The topological polar surface area (TPSA) is 49.9 Å². The standard InChI is InChI=1S/C26H21N3OS/c30-25-24(18-20-11-12-23-21(17-20)14-16-27-23)31-26(29(25)22-9-5-2-6-10-22)28-15-13-19-7-3-1-4-8-19/h1-12,14,16-18,30H,13,15H2/b20-18+,28-26?. The normalized spacial score (nSPS) is 13.4. The first-order chi connectivity index (χ1) is 15.3. The van der Waals surface area contributed by atoms with E-state index in [2.05, 4.69) is 23.2 Å². The fourth-order valence-corrected chi connectivity index (χ4v) is 4.60. The molecular weight excluding hydrogens is 402 g/mol. The molecule has 1 aliphatic heterocycles. The van der Waals surface area contributed by atoms with Crippen LogP contribution in [-0.2, 0) is 6.42 Å². The van der Waals surface area contributed by atoms with Gasteiger partial charge in [0.1, 0.15) is 0 Å². The summed E-state index contributed by atoms with van der Waals surface area (Å²) in [5.41, 5.74) is 3.24. The summed E-state index contributed by atoms with van der Waals surface area (Å²) in [5, 5.41) is 13.1. The Hall–Kier alpha value is -3.70. The molecule has 4 aromatic rings. The zero-order valence-corrected chi connectivity index (χ0v) is 17.7. The highest BCUT2D eigenvalue weighted by Crippen LogP contribution is 2.24. The van der Waals surface area contributed by atoms with Crippen molar-refractivity contribution in [3.63, 3.8) is 0 Å². The minimum absolute atomic E-state index is 0.204. The molecule has 5 heteroatoms. The minimum atomic E-state index is 0.204. The first-order valence-electron chi connectivity index (χ1n) is 10.2. The van der Waals surface area contributed by atoms with Crippen molar-refractivity contribution in [2.24, 2.45) is 9.98 Å². The average Bonchev–Trinajstić information content (AvgIpc) is 3.39. The summed E-state index contributed by atoms with van der Waals surface area (Å²) < 4.78 is 1.82. The lowest BCUT2D eigenvalue weighted by molar-refractivity contribution is 0.439. The number of para-hydroxylation sites is 1. The summed E-state index contributed by atoms with van der Waals surface area (Å²) in [6, 6.07) is 26.3. The first kappa shape index (κ1) is 19.3. The van der Waals surface area contributed by atoms with Crippen molar-refractivity contribution in [2.75, 3.05) is 6.54 Å². The molecule has 31 heavy (non-hydrogen) atoms. The number of rotatable bonds is 5. The molecule has 152 valence electrons. The van der Waals surface area contributed by atoms with Crippen LogP contribution in [0.1, 0.15) is 16.0 Å². The van der Waals surface area contributed by atoms with Crippen molar-refractivity contribution in [1.82, 2.24) is 4.57 Å². The fourth-order valence-electron chi connectivity index (χ4n) is 3.59. The van der Waals surface area contributed by atoms with E-state index in [-0.39, 0.29) is 5.88 Å². The van der Waals surface area contributed by atoms with Gasteiger partial charge in [-0.2, -0.15) is 0 Å². The Morgan fingerprint density at radius 2 is 1.74 bits per heavy atom. The molecule has 3 aromatic carbocycles. The third kappa shape index (κ3) is 4.13. The summed E-state index contributed by atoms with van der Waals surface area (Å²) in [7, 11) is 0. The molecule has 1 N–H and O–H groups in total. The molecule has 4 nitrogen and oxygen atoms in total. The van der Waals surface area contributed by atoms with Gasteiger partial charge in [-0.25, -0.2) is 0 Å². The molecule has 1 aliphatic rings. The van der Waals surface area contributed by atoms with Crippen LogP contribution < -0.4 is 15.4 Å². The molecule has 0 amide bonds. The van der Waals surface area contributed by atoms with E-state index in [9.17, 15) is 5.11 Å². The lowest BCUT2D eigenvalue weighted by atomic mass is 10.2. The first-order valence-corrected chi connectivity index (χ1v) is 11.0. The van der Waals surface area contributed by atoms with Crippen molar-refractivity contribution >= 4 is 23.5 Å². The SMILES string of the molecule is Oc1c(/C=c2\ccc3c(c2)C=CN=3)sc(=NCCc2ccccc2)n1-c1ccccc1. The zero-order valence-electron chi connectivity index (χ0n) is 16.8. The maximum Gasteiger partial charge on any atom is 0.215 e. The summed E-state index contributed by atoms with van der Waals surface area (Å²) in [6.45, 7) is 0.654. The van der Waals surface area contributed by atoms with Crippen molar-refractivity contribution in [1.29, 1.82) is 0 Å². The lowest BCUT2D eigenvalue weighted by Crippen LogP contribution is -2.13. The highest BCUT2D eigenvalue weighted by Gasteiger charge is 2.12. The number of fused-ring (bicyclic) bond motifs is 1. The van der Waals surface area contributed by atoms with Gasteiger partial charge < -0.3 is 5.11 Å². The Kier molecular flexibility index (Phi) is 5.33. The molecule has 0 fully saturated rings. The molecule has 2 heterocycles. The van der Waals surface area contributed by atoms with Crippen molar-refractivity contribution in [3.05, 3.63) is 116 Å². The number of aromatic nitrogens is 1. The molecule has 0 atom stereocenters. The molecular formula is C26H21N3OS. The second kappa shape index (κ2) is 8.58. The van der Waals surface area contributed by atoms with Gasteiger partial charge in [-0.15, -0.1) is 0 Å². The predicted octanol–water partition coefficient (Wildman–Crippen LogP) is 3.82. The van der Waals surface area contributed by atoms with Crippen LogP contribution in [0.4, 0.5) is 0 Å². The van der Waals surface area contributed by atoms with Gasteiger partial charge in [0.2, 0.25) is 5.88 Å². The molecule has 0 unspecified atom stereocenters. The van der Waals surface area contributed by atoms with Crippen molar-refractivity contribution < 1.29 is 5.11 Å². The van der Waals surface area contributed by atoms with Crippen LogP contribution >= 0.6 is 11.3 Å². The third-order valence-corrected chi connectivity index (χ3v) is 6.16. The van der Waals surface area contributed by atoms with Gasteiger partial charge in [0.25, 0.3) is 0 Å². The van der Waals surface area contributed by atoms with Gasteiger partial charge in [-0.05, 0) is 53.6 Å². The van der Waals surface area contributed by atoms with E-state index in [1.165, 1.54) is 16.9 Å². The van der Waals surface area contributed by atoms with Gasteiger partial charge in [-0.3, -0.25) is 14.6 Å². The Labute approximate surface area is 184 Å². The average molecular weight is 424 g/mol. The van der Waals surface area contributed by atoms with E-state index in [1.807, 2.05) is 83.6 Å². The second-order valence-corrected chi connectivity index (χ2v) is 8.28. The molecule has 0 radical (unpaired) electrons. The highest BCUT2D eigenvalue weighted by atomic mass is 32.1. The van der Waals surface area contributed by atoms with E-state index in [1.54, 1.807) is 0 Å². The van der Waals surface area contributed by atoms with E-state index in [0.29, 0.717) is 6.54 Å². The highest BCUT2D eigenvalue weighted by molar-refractivity contribution is 7.10. The third-order valence-electron chi connectivity index (χ3n) is 5.15. The van der Waals surface area contributed by atoms with Crippen molar-refractivity contribution in [3.8, 4) is 11.6 Å². The Bertz CT molecular complexity index is 1430. The van der Waals surface area contributed by atoms with Crippen LogP contribution in [0, 0.1) is 0 Å². The molecule has 0 spiro atoms. The Morgan fingerprint density at radius 1 is 0.968 bits per heavy atom. The zero-order chi connectivity index (χ0) is 21.0. The second-order valence-electron chi connectivity index (χ2n) is 7.27. The van der Waals surface area contributed by atoms with Crippen LogP contribution in [0.15, 0.2) is 95.0 Å². The number of hydrogen-bond donors (Lipinski definition) is 1. The quantitative estimate of drug-likeness (QED) is 0.521. The number of benzene rings is 3. The molecule has 0 saturated carbocycles. The number of aromatic hydroxyl groups is 1. The smallest absolute Gasteiger partial charge is 0.215 e. The Morgan fingerprint density at radius 3 is 2.55 bits per heavy atom. The van der Waals surface area contributed by atoms with Gasteiger partial charge in [0.05, 0.1) is 15.9 Å². The molecule has 1 aromatic heterocycles. The molecule has 5 rings (SSSR count). The van der Waals surface area contributed by atoms with Gasteiger partial charge >= 0.3 is 0 Å². The summed E-state index contributed by atoms with van der Waals surface area (Å²) in [5.74, 6) is 0.204. The van der Waals surface area contributed by atoms with Crippen LogP contribution in [-0.4, -0.2) is 16.2 Å². The van der Waals surface area contributed by atoms with E-state index in [0.717, 1.165) is 37.9 Å². The van der Waals surface area contributed by atoms with E-state index in [4.69, 9.17) is 4.99 Å². The van der Waals surface area contributed by atoms with Crippen molar-refractivity contribution in [2.45, 2.75) is 6.42 Å². The Balaban J connectivity index is 1.57. The van der Waals surface area contributed by atoms with Crippen LogP contribution in [0.5, 0.6) is 5.88 Å². The predicted molar refractivity (Wildman–Crippen MR) is 126 cm³/mol. The summed E-state index contributed by atoms with van der Waals surface area (Å²) >= 11 is 1.49. The number of hydrogen-bond acceptors (Lipinski definition) is 4. The molecule has 0 saturated heterocycles. The fraction of sp³-hybridized carbons (Fsp3) is 0.0769. The van der Waals surface area contributed by atoms with E-state index < -0.39 is 0 Å². The maximum absolute atomic E-state index is 11.1. The number of thiazole rings is 1. The largest absolute Gasteiger partial charge is 0.493 e. The minimum Gasteiger partial charge on any atom is -0.493 e.